The van der Waals surface area contributed by atoms with Crippen LogP contribution in [-0.2, 0) is 0 Å². The Morgan fingerprint density at radius 2 is 1.96 bits per heavy atom. The average molecular weight is 365 g/mol. The first-order valence-electron chi connectivity index (χ1n) is 8.65. The Morgan fingerprint density at radius 3 is 2.81 bits per heavy atom. The van der Waals surface area contributed by atoms with Gasteiger partial charge in [0.15, 0.2) is 11.9 Å². The molecule has 0 spiro atoms. The molecule has 0 saturated heterocycles. The van der Waals surface area contributed by atoms with Gasteiger partial charge in [0.25, 0.3) is 0 Å². The van der Waals surface area contributed by atoms with Crippen molar-refractivity contribution in [3.05, 3.63) is 54.4 Å². The fourth-order valence-corrected chi connectivity index (χ4v) is 3.57. The largest absolute Gasteiger partial charge is 0.448 e. The van der Waals surface area contributed by atoms with E-state index in [4.69, 9.17) is 4.74 Å². The summed E-state index contributed by atoms with van der Waals surface area (Å²) >= 11 is 1.61. The van der Waals surface area contributed by atoms with E-state index in [1.807, 2.05) is 36.4 Å². The van der Waals surface area contributed by atoms with Gasteiger partial charge in [0.05, 0.1) is 0 Å². The number of fused-ring (bicyclic) bond motifs is 3. The highest BCUT2D eigenvalue weighted by molar-refractivity contribution is 7.99. The maximum absolute atomic E-state index is 6.21. The van der Waals surface area contributed by atoms with Gasteiger partial charge >= 0.3 is 0 Å². The van der Waals surface area contributed by atoms with Gasteiger partial charge in [0.1, 0.15) is 0 Å². The third kappa shape index (κ3) is 3.48. The van der Waals surface area contributed by atoms with Crippen LogP contribution in [0.3, 0.4) is 0 Å². The Balaban J connectivity index is 1.74. The van der Waals surface area contributed by atoms with Crippen LogP contribution >= 0.6 is 11.8 Å². The van der Waals surface area contributed by atoms with Crippen LogP contribution < -0.4 is 10.1 Å². The molecule has 0 saturated carbocycles. The maximum atomic E-state index is 6.21. The van der Waals surface area contributed by atoms with Gasteiger partial charge < -0.3 is 10.1 Å². The molecule has 1 aliphatic heterocycles. The van der Waals surface area contributed by atoms with Crippen LogP contribution in [-0.4, -0.2) is 25.9 Å². The second kappa shape index (κ2) is 7.70. The van der Waals surface area contributed by atoms with E-state index in [9.17, 15) is 0 Å². The van der Waals surface area contributed by atoms with E-state index >= 15 is 0 Å². The molecule has 2 aromatic heterocycles. The van der Waals surface area contributed by atoms with Crippen molar-refractivity contribution in [1.29, 1.82) is 0 Å². The van der Waals surface area contributed by atoms with Gasteiger partial charge in [-0.3, -0.25) is 4.98 Å². The summed E-state index contributed by atoms with van der Waals surface area (Å²) in [6, 6.07) is 11.8. The lowest BCUT2D eigenvalue weighted by molar-refractivity contribution is 0.225. The van der Waals surface area contributed by atoms with Crippen molar-refractivity contribution in [2.24, 2.45) is 0 Å². The van der Waals surface area contributed by atoms with Gasteiger partial charge in [-0.2, -0.15) is 4.98 Å². The molecule has 132 valence electrons. The number of aromatic nitrogens is 4. The summed E-state index contributed by atoms with van der Waals surface area (Å²) in [5.41, 5.74) is 3.51. The topological polar surface area (TPSA) is 72.8 Å². The van der Waals surface area contributed by atoms with E-state index in [-0.39, 0.29) is 6.23 Å². The molecule has 3 heterocycles. The Labute approximate surface area is 156 Å². The second-order valence-corrected chi connectivity index (χ2v) is 6.98. The summed E-state index contributed by atoms with van der Waals surface area (Å²) in [7, 11) is 0. The Kier molecular flexibility index (Phi) is 4.97. The number of nitrogens with zero attached hydrogens (tertiary/aromatic N) is 4. The number of nitrogens with one attached hydrogen (secondary N) is 1. The first-order valence-corrected chi connectivity index (χ1v) is 9.63. The Bertz CT molecular complexity index is 890. The molecule has 1 N–H and O–H groups in total. The van der Waals surface area contributed by atoms with Gasteiger partial charge in [0.2, 0.25) is 11.0 Å². The number of unbranched alkanes of at least 4 members (excludes halogenated alkanes) is 1. The monoisotopic (exact) mass is 365 g/mol. The zero-order valence-electron chi connectivity index (χ0n) is 14.4. The SMILES string of the molecule is CCCCSc1nnc2c(n1)O[C@@H](c1ccncc1)Nc1ccccc1-2. The van der Waals surface area contributed by atoms with Crippen LogP contribution in [0.4, 0.5) is 5.69 Å². The Hall–Kier alpha value is -2.67. The van der Waals surface area contributed by atoms with Crippen molar-refractivity contribution in [1.82, 2.24) is 20.2 Å². The van der Waals surface area contributed by atoms with Crippen LogP contribution in [0.15, 0.2) is 53.9 Å². The molecule has 4 rings (SSSR count). The molecule has 0 bridgehead atoms. The maximum Gasteiger partial charge on any atom is 0.247 e. The lowest BCUT2D eigenvalue weighted by Crippen LogP contribution is -2.17. The van der Waals surface area contributed by atoms with Crippen molar-refractivity contribution in [3.63, 3.8) is 0 Å². The van der Waals surface area contributed by atoms with Crippen molar-refractivity contribution in [2.45, 2.75) is 31.1 Å². The number of pyridine rings is 1. The van der Waals surface area contributed by atoms with E-state index in [1.54, 1.807) is 24.2 Å². The highest BCUT2D eigenvalue weighted by Gasteiger charge is 2.25. The fourth-order valence-electron chi connectivity index (χ4n) is 2.71. The lowest BCUT2D eigenvalue weighted by atomic mass is 10.1. The van der Waals surface area contributed by atoms with E-state index in [0.717, 1.165) is 35.4 Å². The minimum atomic E-state index is -0.370. The lowest BCUT2D eigenvalue weighted by Gasteiger charge is -2.19. The van der Waals surface area contributed by atoms with Crippen molar-refractivity contribution in [3.8, 4) is 17.1 Å². The molecule has 0 fully saturated rings. The molecule has 1 atom stereocenters. The minimum absolute atomic E-state index is 0.370. The molecule has 1 aromatic carbocycles. The summed E-state index contributed by atoms with van der Waals surface area (Å²) in [6.45, 7) is 2.17. The van der Waals surface area contributed by atoms with Gasteiger partial charge in [-0.15, -0.1) is 10.2 Å². The van der Waals surface area contributed by atoms with Crippen LogP contribution in [0, 0.1) is 0 Å². The first-order chi connectivity index (χ1) is 12.8. The molecule has 0 radical (unpaired) electrons. The summed E-state index contributed by atoms with van der Waals surface area (Å²) in [5, 5.41) is 12.8. The predicted octanol–water partition coefficient (Wildman–Crippen LogP) is 4.33. The number of rotatable bonds is 5. The van der Waals surface area contributed by atoms with Crippen molar-refractivity contribution >= 4 is 17.4 Å². The number of hydrogen-bond donors (Lipinski definition) is 1. The van der Waals surface area contributed by atoms with Crippen LogP contribution in [0.5, 0.6) is 5.88 Å². The number of benzene rings is 1. The second-order valence-electron chi connectivity index (χ2n) is 5.92. The molecule has 1 aliphatic rings. The van der Waals surface area contributed by atoms with E-state index in [2.05, 4.69) is 32.4 Å². The molecule has 0 unspecified atom stereocenters. The van der Waals surface area contributed by atoms with E-state index in [0.29, 0.717) is 16.7 Å². The molecule has 3 aromatic rings. The number of thioether (sulfide) groups is 1. The van der Waals surface area contributed by atoms with Gasteiger partial charge in [-0.1, -0.05) is 43.3 Å². The molecule has 7 heteroatoms. The molecule has 0 amide bonds. The highest BCUT2D eigenvalue weighted by Crippen LogP contribution is 2.39. The minimum Gasteiger partial charge on any atom is -0.448 e. The number of para-hydroxylation sites is 1. The molecule has 0 aliphatic carbocycles. The molecule has 26 heavy (non-hydrogen) atoms. The van der Waals surface area contributed by atoms with E-state index < -0.39 is 0 Å². The zero-order chi connectivity index (χ0) is 17.8. The highest BCUT2D eigenvalue weighted by atomic mass is 32.2. The van der Waals surface area contributed by atoms with Gasteiger partial charge in [0, 0.05) is 35.0 Å². The predicted molar refractivity (Wildman–Crippen MR) is 102 cm³/mol. The Morgan fingerprint density at radius 1 is 1.12 bits per heavy atom. The first kappa shape index (κ1) is 16.8. The molecular weight excluding hydrogens is 346 g/mol. The zero-order valence-corrected chi connectivity index (χ0v) is 15.2. The number of anilines is 1. The average Bonchev–Trinajstić information content (AvgIpc) is 2.85. The number of ether oxygens (including phenoxy) is 1. The third-order valence-electron chi connectivity index (χ3n) is 4.07. The van der Waals surface area contributed by atoms with Crippen molar-refractivity contribution < 1.29 is 4.74 Å². The van der Waals surface area contributed by atoms with E-state index in [1.165, 1.54) is 0 Å². The van der Waals surface area contributed by atoms with Crippen LogP contribution in [0.25, 0.3) is 11.3 Å². The van der Waals surface area contributed by atoms with Gasteiger partial charge in [-0.05, 0) is 24.6 Å². The fraction of sp³-hybridized carbons (Fsp3) is 0.263. The van der Waals surface area contributed by atoms with Gasteiger partial charge in [-0.25, -0.2) is 0 Å². The summed E-state index contributed by atoms with van der Waals surface area (Å²) in [5.74, 6) is 1.47. The summed E-state index contributed by atoms with van der Waals surface area (Å²) in [4.78, 5) is 8.71. The smallest absolute Gasteiger partial charge is 0.247 e. The van der Waals surface area contributed by atoms with Crippen LogP contribution in [0.2, 0.25) is 0 Å². The molecule has 6 nitrogen and oxygen atoms in total. The number of hydrogen-bond acceptors (Lipinski definition) is 7. The quantitative estimate of drug-likeness (QED) is 0.533. The van der Waals surface area contributed by atoms with Crippen molar-refractivity contribution in [2.75, 3.05) is 11.1 Å². The third-order valence-corrected chi connectivity index (χ3v) is 5.00. The normalized spacial score (nSPS) is 15.2. The molecular formula is C19H19N5OS. The van der Waals surface area contributed by atoms with Crippen LogP contribution in [0.1, 0.15) is 31.6 Å². The summed E-state index contributed by atoms with van der Waals surface area (Å²) < 4.78 is 6.21. The summed E-state index contributed by atoms with van der Waals surface area (Å²) in [6.07, 6.45) is 5.40. The standard InChI is InChI=1S/C19H19N5OS/c1-2-3-12-26-19-22-18-16(23-24-19)14-6-4-5-7-15(14)21-17(25-18)13-8-10-20-11-9-13/h4-11,17,21H,2-3,12H2,1H3/t17-/m0/s1.